The molecule has 0 rings (SSSR count). The van der Waals surface area contributed by atoms with E-state index in [0.29, 0.717) is 5.75 Å². The fourth-order valence-electron chi connectivity index (χ4n) is 0.352. The van der Waals surface area contributed by atoms with Crippen molar-refractivity contribution < 1.29 is 9.90 Å². The van der Waals surface area contributed by atoms with Gasteiger partial charge in [0, 0.05) is 5.75 Å². The first-order valence-electron chi connectivity index (χ1n) is 2.52. The van der Waals surface area contributed by atoms with Crippen LogP contribution in [0.2, 0.25) is 0 Å². The molecule has 2 atom stereocenters. The Balaban J connectivity index is 3.85. The van der Waals surface area contributed by atoms with Crippen LogP contribution in [0.15, 0.2) is 0 Å². The summed E-state index contributed by atoms with van der Waals surface area (Å²) in [5.41, 5.74) is -1.42. The summed E-state index contributed by atoms with van der Waals surface area (Å²) in [5, 5.41) is 9.20. The first-order chi connectivity index (χ1) is 4.00. The Labute approximate surface area is 61.6 Å². The van der Waals surface area contributed by atoms with Crippen LogP contribution in [0.5, 0.6) is 0 Å². The largest absolute Gasteiger partial charge is 0.381 e. The van der Waals surface area contributed by atoms with Crippen LogP contribution in [-0.4, -0.2) is 28.2 Å². The van der Waals surface area contributed by atoms with Crippen molar-refractivity contribution in [1.29, 1.82) is 0 Å². The van der Waals surface area contributed by atoms with Crippen molar-refractivity contribution in [2.75, 3.05) is 12.0 Å². The maximum absolute atomic E-state index is 10.6. The van der Waals surface area contributed by atoms with Gasteiger partial charge in [0.05, 0.1) is 0 Å². The molecule has 54 valence electrons. The maximum Gasteiger partial charge on any atom is 0.180 e. The molecule has 0 amide bonds. The first kappa shape index (κ1) is 9.41. The number of rotatable bonds is 3. The van der Waals surface area contributed by atoms with Crippen molar-refractivity contribution in [2.45, 2.75) is 12.5 Å². The Morgan fingerprint density at radius 2 is 2.33 bits per heavy atom. The van der Waals surface area contributed by atoms with E-state index in [1.54, 1.807) is 0 Å². The molecule has 9 heavy (non-hydrogen) atoms. The minimum absolute atomic E-state index is 0.253. The van der Waals surface area contributed by atoms with Crippen LogP contribution >= 0.6 is 21.0 Å². The quantitative estimate of drug-likeness (QED) is 0.620. The molecule has 0 aromatic carbocycles. The second kappa shape index (κ2) is 3.55. The summed E-state index contributed by atoms with van der Waals surface area (Å²) < 4.78 is 0. The lowest BCUT2D eigenvalue weighted by Gasteiger charge is -2.16. The smallest absolute Gasteiger partial charge is 0.180 e. The average molecular weight is 166 g/mol. The van der Waals surface area contributed by atoms with Gasteiger partial charge < -0.3 is 5.11 Å². The zero-order valence-corrected chi connectivity index (χ0v) is 7.52. The molecular weight excluding hydrogens is 155 g/mol. The summed E-state index contributed by atoms with van der Waals surface area (Å²) >= 11 is 1.45. The fourth-order valence-corrected chi connectivity index (χ4v) is 1.31. The molecular formula is C5H11O2PS. The average Bonchev–Trinajstić information content (AvgIpc) is 1.65. The summed E-state index contributed by atoms with van der Waals surface area (Å²) in [5.74, 6) is 0.454. The number of hydrogen-bond donors (Lipinski definition) is 1. The minimum atomic E-state index is -1.16. The number of hydrogen-bond acceptors (Lipinski definition) is 3. The molecule has 4 heteroatoms. The van der Waals surface area contributed by atoms with Gasteiger partial charge in [-0.3, -0.25) is 4.79 Å². The molecule has 0 heterocycles. The second-order valence-electron chi connectivity index (χ2n) is 2.07. The van der Waals surface area contributed by atoms with E-state index in [4.69, 9.17) is 0 Å². The van der Waals surface area contributed by atoms with Crippen LogP contribution in [0.1, 0.15) is 6.92 Å². The molecule has 0 saturated carbocycles. The van der Waals surface area contributed by atoms with E-state index < -0.39 is 5.60 Å². The van der Waals surface area contributed by atoms with E-state index in [1.807, 2.05) is 15.5 Å². The van der Waals surface area contributed by atoms with E-state index >= 15 is 0 Å². The Morgan fingerprint density at radius 3 is 2.44 bits per heavy atom. The van der Waals surface area contributed by atoms with Crippen LogP contribution < -0.4 is 0 Å². The number of carbonyl (C=O) groups is 1. The number of thioether (sulfide) groups is 1. The SMILES string of the molecule is CSCC(C)(O)C(=O)P. The van der Waals surface area contributed by atoms with Gasteiger partial charge in [0.15, 0.2) is 5.52 Å². The topological polar surface area (TPSA) is 37.3 Å². The molecule has 2 nitrogen and oxygen atoms in total. The number of aliphatic hydroxyl groups is 1. The normalized spacial score (nSPS) is 16.9. The van der Waals surface area contributed by atoms with Gasteiger partial charge in [0.2, 0.25) is 0 Å². The van der Waals surface area contributed by atoms with Crippen molar-refractivity contribution in [3.63, 3.8) is 0 Å². The van der Waals surface area contributed by atoms with Gasteiger partial charge in [0.1, 0.15) is 5.60 Å². The summed E-state index contributed by atoms with van der Waals surface area (Å²) in [4.78, 5) is 10.6. The van der Waals surface area contributed by atoms with Gasteiger partial charge in [-0.2, -0.15) is 11.8 Å². The van der Waals surface area contributed by atoms with E-state index in [1.165, 1.54) is 18.7 Å². The maximum atomic E-state index is 10.6. The molecule has 1 N–H and O–H groups in total. The number of carbonyl (C=O) groups excluding carboxylic acids is 1. The molecule has 0 aliphatic rings. The molecule has 0 aromatic rings. The first-order valence-corrected chi connectivity index (χ1v) is 4.49. The molecule has 0 aliphatic carbocycles. The molecule has 0 bridgehead atoms. The third-order valence-corrected chi connectivity index (χ3v) is 2.43. The summed E-state index contributed by atoms with van der Waals surface area (Å²) in [6, 6.07) is 0. The van der Waals surface area contributed by atoms with Gasteiger partial charge >= 0.3 is 0 Å². The zero-order valence-electron chi connectivity index (χ0n) is 5.55. The van der Waals surface area contributed by atoms with Gasteiger partial charge in [0.25, 0.3) is 0 Å². The lowest BCUT2D eigenvalue weighted by molar-refractivity contribution is -0.124. The van der Waals surface area contributed by atoms with E-state index in [0.717, 1.165) is 0 Å². The summed E-state index contributed by atoms with van der Waals surface area (Å²) in [7, 11) is 1.97. The predicted octanol–water partition coefficient (Wildman–Crippen LogP) is 0.502. The van der Waals surface area contributed by atoms with Crippen LogP contribution in [0, 0.1) is 0 Å². The van der Waals surface area contributed by atoms with Crippen molar-refractivity contribution in [3.8, 4) is 0 Å². The third-order valence-electron chi connectivity index (χ3n) is 0.956. The molecule has 0 saturated heterocycles. The zero-order chi connectivity index (χ0) is 7.49. The minimum Gasteiger partial charge on any atom is -0.381 e. The second-order valence-corrected chi connectivity index (χ2v) is 3.46. The molecule has 0 radical (unpaired) electrons. The molecule has 0 aromatic heterocycles. The fraction of sp³-hybridized carbons (Fsp3) is 0.800. The molecule has 0 aliphatic heterocycles. The van der Waals surface area contributed by atoms with Crippen LogP contribution in [0.4, 0.5) is 0 Å². The van der Waals surface area contributed by atoms with Crippen molar-refractivity contribution >= 4 is 26.5 Å². The van der Waals surface area contributed by atoms with Gasteiger partial charge in [-0.15, -0.1) is 0 Å². The van der Waals surface area contributed by atoms with E-state index in [-0.39, 0.29) is 5.52 Å². The Hall–Kier alpha value is 0.410. The van der Waals surface area contributed by atoms with Crippen molar-refractivity contribution in [2.24, 2.45) is 0 Å². The van der Waals surface area contributed by atoms with Gasteiger partial charge in [-0.1, -0.05) is 9.24 Å². The van der Waals surface area contributed by atoms with Crippen LogP contribution in [-0.2, 0) is 4.79 Å². The van der Waals surface area contributed by atoms with Gasteiger partial charge in [-0.25, -0.2) is 0 Å². The summed E-state index contributed by atoms with van der Waals surface area (Å²) in [6.07, 6.45) is 1.85. The third kappa shape index (κ3) is 3.19. The molecule has 2 unspecified atom stereocenters. The highest BCUT2D eigenvalue weighted by molar-refractivity contribution is 7.98. The lowest BCUT2D eigenvalue weighted by Crippen LogP contribution is -2.33. The van der Waals surface area contributed by atoms with Crippen LogP contribution in [0.25, 0.3) is 0 Å². The standard InChI is InChI=1S/C5H11O2PS/c1-5(7,3-9-2)4(6)8/h7H,3,8H2,1-2H3. The highest BCUT2D eigenvalue weighted by atomic mass is 32.2. The van der Waals surface area contributed by atoms with Crippen molar-refractivity contribution in [3.05, 3.63) is 0 Å². The Bertz CT molecular complexity index is 114. The predicted molar refractivity (Wildman–Crippen MR) is 43.7 cm³/mol. The lowest BCUT2D eigenvalue weighted by atomic mass is 10.2. The highest BCUT2D eigenvalue weighted by Gasteiger charge is 2.24. The van der Waals surface area contributed by atoms with E-state index in [2.05, 4.69) is 0 Å². The van der Waals surface area contributed by atoms with Crippen molar-refractivity contribution in [1.82, 2.24) is 0 Å². The highest BCUT2D eigenvalue weighted by Crippen LogP contribution is 2.14. The molecule has 0 fully saturated rings. The Morgan fingerprint density at radius 1 is 1.89 bits per heavy atom. The molecule has 0 spiro atoms. The Kier molecular flexibility index (Phi) is 3.71. The van der Waals surface area contributed by atoms with Gasteiger partial charge in [-0.05, 0) is 13.2 Å². The summed E-state index contributed by atoms with van der Waals surface area (Å²) in [6.45, 7) is 1.51. The monoisotopic (exact) mass is 166 g/mol. The van der Waals surface area contributed by atoms with E-state index in [9.17, 15) is 9.90 Å². The van der Waals surface area contributed by atoms with Crippen LogP contribution in [0.3, 0.4) is 0 Å².